The van der Waals surface area contributed by atoms with Crippen molar-refractivity contribution in [2.24, 2.45) is 0 Å². The highest BCUT2D eigenvalue weighted by Gasteiger charge is 2.26. The lowest BCUT2D eigenvalue weighted by molar-refractivity contribution is 0.0950. The van der Waals surface area contributed by atoms with Gasteiger partial charge < -0.3 is 19.8 Å². The summed E-state index contributed by atoms with van der Waals surface area (Å²) in [7, 11) is 1.56. The number of hydrogen-bond donors (Lipinski definition) is 2. The van der Waals surface area contributed by atoms with E-state index in [0.29, 0.717) is 23.4 Å². The third-order valence-corrected chi connectivity index (χ3v) is 5.56. The van der Waals surface area contributed by atoms with Gasteiger partial charge in [-0.2, -0.15) is 0 Å². The van der Waals surface area contributed by atoms with E-state index in [2.05, 4.69) is 21.9 Å². The normalized spacial score (nSPS) is 14.4. The molecule has 0 radical (unpaired) electrons. The van der Waals surface area contributed by atoms with Crippen LogP contribution in [0.25, 0.3) is 11.1 Å². The Morgan fingerprint density at radius 2 is 2.16 bits per heavy atom. The van der Waals surface area contributed by atoms with Crippen LogP contribution in [-0.2, 0) is 13.0 Å². The number of methoxy groups -OCH3 is 1. The Morgan fingerprint density at radius 1 is 1.34 bits per heavy atom. The van der Waals surface area contributed by atoms with Crippen LogP contribution in [-0.4, -0.2) is 29.1 Å². The number of pyridine rings is 2. The van der Waals surface area contributed by atoms with Gasteiger partial charge in [0.2, 0.25) is 5.88 Å². The third-order valence-electron chi connectivity index (χ3n) is 5.56. The number of aromatic nitrogens is 2. The molecule has 1 atom stereocenters. The molecule has 1 aliphatic rings. The van der Waals surface area contributed by atoms with E-state index in [4.69, 9.17) is 9.47 Å². The second-order valence-electron chi connectivity index (χ2n) is 7.82. The number of rotatable bonds is 6. The molecule has 0 aliphatic carbocycles. The van der Waals surface area contributed by atoms with Crippen LogP contribution in [0.4, 0.5) is 0 Å². The number of ether oxygens (including phenoxy) is 2. The van der Waals surface area contributed by atoms with Crippen molar-refractivity contribution in [3.8, 4) is 22.8 Å². The highest BCUT2D eigenvalue weighted by atomic mass is 16.5. The molecule has 1 aliphatic heterocycles. The Balaban J connectivity index is 1.66. The first-order valence-corrected chi connectivity index (χ1v) is 10.3. The topological polar surface area (TPSA) is 93.3 Å². The zero-order chi connectivity index (χ0) is 22.8. The van der Waals surface area contributed by atoms with Gasteiger partial charge >= 0.3 is 0 Å². The van der Waals surface area contributed by atoms with Crippen molar-refractivity contribution >= 4 is 5.91 Å². The lowest BCUT2D eigenvalue weighted by Crippen LogP contribution is -2.28. The summed E-state index contributed by atoms with van der Waals surface area (Å²) in [6.07, 6.45) is 3.92. The fourth-order valence-corrected chi connectivity index (χ4v) is 3.90. The molecular weight excluding hydrogens is 406 g/mol. The number of fused-ring (bicyclic) bond motifs is 1. The third kappa shape index (κ3) is 4.14. The largest absolute Gasteiger partial charge is 0.485 e. The van der Waals surface area contributed by atoms with Crippen LogP contribution in [0.1, 0.15) is 32.7 Å². The van der Waals surface area contributed by atoms with Crippen LogP contribution in [0, 0.1) is 13.8 Å². The molecule has 0 bridgehead atoms. The van der Waals surface area contributed by atoms with Crippen LogP contribution in [0.5, 0.6) is 11.6 Å². The second kappa shape index (κ2) is 8.70. The molecule has 1 amide bonds. The summed E-state index contributed by atoms with van der Waals surface area (Å²) >= 11 is 0. The summed E-state index contributed by atoms with van der Waals surface area (Å²) in [4.78, 5) is 32.4. The van der Waals surface area contributed by atoms with E-state index < -0.39 is 0 Å². The van der Waals surface area contributed by atoms with E-state index in [1.165, 1.54) is 0 Å². The van der Waals surface area contributed by atoms with Gasteiger partial charge in [0.25, 0.3) is 11.5 Å². The van der Waals surface area contributed by atoms with E-state index >= 15 is 0 Å². The van der Waals surface area contributed by atoms with Gasteiger partial charge in [0.15, 0.2) is 0 Å². The zero-order valence-corrected chi connectivity index (χ0v) is 18.3. The maximum Gasteiger partial charge on any atom is 0.253 e. The number of aryl methyl sites for hydroxylation is 2. The predicted octanol–water partition coefficient (Wildman–Crippen LogP) is 3.48. The minimum absolute atomic E-state index is 0.141. The molecule has 0 saturated carbocycles. The van der Waals surface area contributed by atoms with Crippen molar-refractivity contribution in [1.82, 2.24) is 15.3 Å². The minimum atomic E-state index is -0.267. The van der Waals surface area contributed by atoms with Gasteiger partial charge in [-0.3, -0.25) is 9.59 Å². The average Bonchev–Trinajstić information content (AvgIpc) is 3.21. The predicted molar refractivity (Wildman–Crippen MR) is 122 cm³/mol. The Labute approximate surface area is 186 Å². The van der Waals surface area contributed by atoms with Crippen LogP contribution in [0.15, 0.2) is 54.0 Å². The number of amides is 1. The molecule has 0 saturated heterocycles. The van der Waals surface area contributed by atoms with Crippen LogP contribution < -0.4 is 20.3 Å². The van der Waals surface area contributed by atoms with Crippen molar-refractivity contribution in [2.45, 2.75) is 32.9 Å². The number of carbonyl (C=O) groups is 1. The molecule has 2 N–H and O–H groups in total. The molecule has 1 aromatic carbocycles. The molecular formula is C25H25N3O4. The van der Waals surface area contributed by atoms with Crippen LogP contribution in [0.2, 0.25) is 0 Å². The van der Waals surface area contributed by atoms with Gasteiger partial charge in [-0.25, -0.2) is 4.98 Å². The Bertz CT molecular complexity index is 1250. The monoisotopic (exact) mass is 431 g/mol. The second-order valence-corrected chi connectivity index (χ2v) is 7.82. The van der Waals surface area contributed by atoms with Gasteiger partial charge in [-0.05, 0) is 49.2 Å². The fourth-order valence-electron chi connectivity index (χ4n) is 3.90. The summed E-state index contributed by atoms with van der Waals surface area (Å²) in [5.41, 5.74) is 4.98. The molecule has 2 aromatic heterocycles. The van der Waals surface area contributed by atoms with Gasteiger partial charge in [0, 0.05) is 53.2 Å². The smallest absolute Gasteiger partial charge is 0.253 e. The summed E-state index contributed by atoms with van der Waals surface area (Å²) in [5, 5.41) is 2.87. The number of nitrogens with one attached hydrogen (secondary N) is 2. The van der Waals surface area contributed by atoms with E-state index in [9.17, 15) is 9.59 Å². The lowest BCUT2D eigenvalue weighted by Gasteiger charge is -2.13. The van der Waals surface area contributed by atoms with Crippen LogP contribution >= 0.6 is 0 Å². The highest BCUT2D eigenvalue weighted by Crippen LogP contribution is 2.40. The van der Waals surface area contributed by atoms with Gasteiger partial charge in [0.1, 0.15) is 11.9 Å². The van der Waals surface area contributed by atoms with Crippen molar-refractivity contribution in [2.75, 3.05) is 7.11 Å². The van der Waals surface area contributed by atoms with Crippen molar-refractivity contribution in [3.05, 3.63) is 87.5 Å². The number of H-pyrrole nitrogens is 1. The van der Waals surface area contributed by atoms with Crippen molar-refractivity contribution in [3.63, 3.8) is 0 Å². The molecule has 0 fully saturated rings. The van der Waals surface area contributed by atoms with Gasteiger partial charge in [-0.1, -0.05) is 12.7 Å². The average molecular weight is 431 g/mol. The fraction of sp³-hybridized carbons (Fsp3) is 0.240. The number of hydrogen-bond acceptors (Lipinski definition) is 5. The first-order valence-electron chi connectivity index (χ1n) is 10.3. The van der Waals surface area contributed by atoms with E-state index in [-0.39, 0.29) is 24.1 Å². The zero-order valence-electron chi connectivity index (χ0n) is 18.3. The maximum atomic E-state index is 13.0. The van der Waals surface area contributed by atoms with Crippen LogP contribution in [0.3, 0.4) is 0 Å². The number of nitrogens with zero attached hydrogens (tertiary/aromatic N) is 1. The van der Waals surface area contributed by atoms with E-state index in [1.54, 1.807) is 31.5 Å². The standard InChI is InChI=1S/C25H25N3O4/c1-5-19-10-17-9-18(24(29)27-13-21-14(2)8-15(3)28-25(21)30)11-20(23(17)32-19)16-6-7-22(31-4)26-12-16/h5-9,11-12,19H,1,10,13H2,2-4H3,(H,27,29)(H,28,30). The number of aromatic amines is 1. The first kappa shape index (κ1) is 21.4. The quantitative estimate of drug-likeness (QED) is 0.583. The summed E-state index contributed by atoms with van der Waals surface area (Å²) in [5.74, 6) is 0.962. The molecule has 3 heterocycles. The Morgan fingerprint density at radius 3 is 2.81 bits per heavy atom. The molecule has 7 heteroatoms. The molecule has 32 heavy (non-hydrogen) atoms. The first-order chi connectivity index (χ1) is 15.4. The minimum Gasteiger partial charge on any atom is -0.485 e. The SMILES string of the molecule is C=CC1Cc2cc(C(=O)NCc3c(C)cc(C)[nH]c3=O)cc(-c3ccc(OC)nc3)c2O1. The molecule has 1 unspecified atom stereocenters. The van der Waals surface area contributed by atoms with Gasteiger partial charge in [-0.15, -0.1) is 0 Å². The molecule has 0 spiro atoms. The number of benzene rings is 1. The highest BCUT2D eigenvalue weighted by molar-refractivity contribution is 5.96. The summed E-state index contributed by atoms with van der Waals surface area (Å²) < 4.78 is 11.2. The Hall–Kier alpha value is -3.87. The number of carbonyl (C=O) groups excluding carboxylic acids is 1. The van der Waals surface area contributed by atoms with E-state index in [1.807, 2.05) is 32.0 Å². The molecule has 3 aromatic rings. The Kier molecular flexibility index (Phi) is 5.81. The van der Waals surface area contributed by atoms with E-state index in [0.717, 1.165) is 33.7 Å². The van der Waals surface area contributed by atoms with Crippen molar-refractivity contribution in [1.29, 1.82) is 0 Å². The molecule has 164 valence electrons. The lowest BCUT2D eigenvalue weighted by atomic mass is 9.97. The summed E-state index contributed by atoms with van der Waals surface area (Å²) in [6, 6.07) is 9.15. The van der Waals surface area contributed by atoms with Crippen molar-refractivity contribution < 1.29 is 14.3 Å². The van der Waals surface area contributed by atoms with Gasteiger partial charge in [0.05, 0.1) is 7.11 Å². The molecule has 7 nitrogen and oxygen atoms in total. The maximum absolute atomic E-state index is 13.0. The molecule has 4 rings (SSSR count). The summed E-state index contributed by atoms with van der Waals surface area (Å²) in [6.45, 7) is 7.66.